The summed E-state index contributed by atoms with van der Waals surface area (Å²) in [6.45, 7) is -0.130. The summed E-state index contributed by atoms with van der Waals surface area (Å²) in [6, 6.07) is 14.6. The molecule has 2 amide bonds. The zero-order valence-electron chi connectivity index (χ0n) is 12.3. The van der Waals surface area contributed by atoms with Gasteiger partial charge in [-0.15, -0.1) is 0 Å². The topological polar surface area (TPSA) is 58.2 Å². The quantitative estimate of drug-likeness (QED) is 0.834. The Bertz CT molecular complexity index is 670. The highest BCUT2D eigenvalue weighted by Gasteiger charge is 2.10. The van der Waals surface area contributed by atoms with E-state index in [0.717, 1.165) is 5.56 Å². The molecule has 0 aliphatic carbocycles. The number of anilines is 1. The van der Waals surface area contributed by atoms with E-state index in [2.05, 4.69) is 10.6 Å². The van der Waals surface area contributed by atoms with Gasteiger partial charge in [0, 0.05) is 6.42 Å². The number of rotatable bonds is 6. The minimum atomic E-state index is -0.381. The molecule has 4 nitrogen and oxygen atoms in total. The molecule has 2 N–H and O–H groups in total. The fraction of sp³-hybridized carbons (Fsp3) is 0.176. The van der Waals surface area contributed by atoms with E-state index in [9.17, 15) is 9.59 Å². The minimum Gasteiger partial charge on any atom is -0.347 e. The molecule has 0 saturated carbocycles. The molecule has 0 heterocycles. The maximum atomic E-state index is 11.9. The van der Waals surface area contributed by atoms with E-state index in [1.54, 1.807) is 18.2 Å². The minimum absolute atomic E-state index is 0.130. The van der Waals surface area contributed by atoms with Gasteiger partial charge in [-0.05, 0) is 24.1 Å². The molecule has 0 bridgehead atoms. The summed E-state index contributed by atoms with van der Waals surface area (Å²) in [5.74, 6) is -0.567. The largest absolute Gasteiger partial charge is 0.347 e. The lowest BCUT2D eigenvalue weighted by Crippen LogP contribution is -2.33. The fourth-order valence-corrected chi connectivity index (χ4v) is 2.46. The second kappa shape index (κ2) is 8.56. The number of aryl methyl sites for hydroxylation is 1. The lowest BCUT2D eigenvalue weighted by Gasteiger charge is -2.10. The predicted octanol–water partition coefficient (Wildman–Crippen LogP) is 3.68. The first-order chi connectivity index (χ1) is 11.1. The second-order valence-electron chi connectivity index (χ2n) is 4.91. The summed E-state index contributed by atoms with van der Waals surface area (Å²) in [6.07, 6.45) is 0.953. The van der Waals surface area contributed by atoms with Crippen molar-refractivity contribution in [1.29, 1.82) is 0 Å². The first-order valence-electron chi connectivity index (χ1n) is 7.11. The normalized spacial score (nSPS) is 10.2. The van der Waals surface area contributed by atoms with Crippen LogP contribution in [0, 0.1) is 0 Å². The number of para-hydroxylation sites is 1. The SMILES string of the molecule is O=C(CCc1ccccc1)NCC(=O)Nc1c(Cl)cccc1Cl. The molecule has 0 aromatic heterocycles. The number of carbonyl (C=O) groups excluding carboxylic acids is 2. The van der Waals surface area contributed by atoms with Crippen molar-refractivity contribution in [3.8, 4) is 0 Å². The third kappa shape index (κ3) is 5.58. The summed E-state index contributed by atoms with van der Waals surface area (Å²) in [7, 11) is 0. The van der Waals surface area contributed by atoms with Gasteiger partial charge in [0.1, 0.15) is 0 Å². The first-order valence-corrected chi connectivity index (χ1v) is 7.86. The molecule has 0 unspecified atom stereocenters. The van der Waals surface area contributed by atoms with Gasteiger partial charge in [0.2, 0.25) is 11.8 Å². The van der Waals surface area contributed by atoms with E-state index in [0.29, 0.717) is 28.6 Å². The van der Waals surface area contributed by atoms with Crippen LogP contribution in [0.4, 0.5) is 5.69 Å². The Morgan fingerprint density at radius 1 is 0.870 bits per heavy atom. The smallest absolute Gasteiger partial charge is 0.243 e. The lowest BCUT2D eigenvalue weighted by atomic mass is 10.1. The number of halogens is 2. The van der Waals surface area contributed by atoms with Crippen LogP contribution >= 0.6 is 23.2 Å². The van der Waals surface area contributed by atoms with Crippen LogP contribution in [-0.2, 0) is 16.0 Å². The third-order valence-electron chi connectivity index (χ3n) is 3.16. The average molecular weight is 351 g/mol. The maximum Gasteiger partial charge on any atom is 0.243 e. The number of benzene rings is 2. The van der Waals surface area contributed by atoms with Crippen LogP contribution < -0.4 is 10.6 Å². The monoisotopic (exact) mass is 350 g/mol. The molecule has 2 aromatic carbocycles. The summed E-state index contributed by atoms with van der Waals surface area (Å²) in [4.78, 5) is 23.6. The second-order valence-corrected chi connectivity index (χ2v) is 5.72. The van der Waals surface area contributed by atoms with Crippen LogP contribution in [0.15, 0.2) is 48.5 Å². The molecule has 2 rings (SSSR count). The molecular formula is C17H16Cl2N2O2. The Morgan fingerprint density at radius 3 is 2.17 bits per heavy atom. The van der Waals surface area contributed by atoms with Crippen molar-refractivity contribution in [2.45, 2.75) is 12.8 Å². The van der Waals surface area contributed by atoms with Crippen molar-refractivity contribution < 1.29 is 9.59 Å². The molecule has 0 radical (unpaired) electrons. The van der Waals surface area contributed by atoms with Gasteiger partial charge in [-0.25, -0.2) is 0 Å². The standard InChI is InChI=1S/C17H16Cl2N2O2/c18-13-7-4-8-14(19)17(13)21-16(23)11-20-15(22)10-9-12-5-2-1-3-6-12/h1-8H,9-11H2,(H,20,22)(H,21,23). The van der Waals surface area contributed by atoms with Gasteiger partial charge >= 0.3 is 0 Å². The molecule has 120 valence electrons. The van der Waals surface area contributed by atoms with Crippen molar-refractivity contribution >= 4 is 40.7 Å². The fourth-order valence-electron chi connectivity index (χ4n) is 1.97. The van der Waals surface area contributed by atoms with E-state index < -0.39 is 0 Å². The van der Waals surface area contributed by atoms with Crippen molar-refractivity contribution in [2.24, 2.45) is 0 Å². The molecule has 0 aliphatic rings. The van der Waals surface area contributed by atoms with Crippen molar-refractivity contribution in [3.63, 3.8) is 0 Å². The van der Waals surface area contributed by atoms with Crippen LogP contribution in [0.1, 0.15) is 12.0 Å². The van der Waals surface area contributed by atoms with Crippen molar-refractivity contribution in [3.05, 3.63) is 64.1 Å². The summed E-state index contributed by atoms with van der Waals surface area (Å²) in [5, 5.41) is 5.86. The molecule has 0 spiro atoms. The molecule has 2 aromatic rings. The molecule has 23 heavy (non-hydrogen) atoms. The van der Waals surface area contributed by atoms with E-state index in [1.807, 2.05) is 30.3 Å². The number of hydrogen-bond acceptors (Lipinski definition) is 2. The van der Waals surface area contributed by atoms with Gasteiger partial charge in [-0.1, -0.05) is 59.6 Å². The summed E-state index contributed by atoms with van der Waals surface area (Å²) in [5.41, 5.74) is 1.43. The zero-order valence-corrected chi connectivity index (χ0v) is 13.8. The summed E-state index contributed by atoms with van der Waals surface area (Å²) >= 11 is 11.9. The van der Waals surface area contributed by atoms with Gasteiger partial charge < -0.3 is 10.6 Å². The van der Waals surface area contributed by atoms with Crippen molar-refractivity contribution in [1.82, 2.24) is 5.32 Å². The maximum absolute atomic E-state index is 11.9. The van der Waals surface area contributed by atoms with Gasteiger partial charge in [-0.3, -0.25) is 9.59 Å². The highest BCUT2D eigenvalue weighted by Crippen LogP contribution is 2.29. The molecule has 0 aliphatic heterocycles. The Labute approximate surface area is 144 Å². The van der Waals surface area contributed by atoms with E-state index in [1.165, 1.54) is 0 Å². The van der Waals surface area contributed by atoms with Crippen LogP contribution in [0.3, 0.4) is 0 Å². The number of nitrogens with one attached hydrogen (secondary N) is 2. The third-order valence-corrected chi connectivity index (χ3v) is 3.79. The van der Waals surface area contributed by atoms with E-state index >= 15 is 0 Å². The van der Waals surface area contributed by atoms with Gasteiger partial charge in [0.05, 0.1) is 22.3 Å². The van der Waals surface area contributed by atoms with Crippen LogP contribution in [0.2, 0.25) is 10.0 Å². The van der Waals surface area contributed by atoms with Crippen LogP contribution in [-0.4, -0.2) is 18.4 Å². The van der Waals surface area contributed by atoms with E-state index in [-0.39, 0.29) is 18.4 Å². The van der Waals surface area contributed by atoms with Crippen LogP contribution in [0.25, 0.3) is 0 Å². The number of amides is 2. The number of hydrogen-bond donors (Lipinski definition) is 2. The molecule has 0 saturated heterocycles. The lowest BCUT2D eigenvalue weighted by molar-refractivity contribution is -0.124. The zero-order chi connectivity index (χ0) is 16.7. The Balaban J connectivity index is 1.77. The van der Waals surface area contributed by atoms with Gasteiger partial charge in [-0.2, -0.15) is 0 Å². The highest BCUT2D eigenvalue weighted by molar-refractivity contribution is 6.39. The Hall–Kier alpha value is -2.04. The van der Waals surface area contributed by atoms with Crippen molar-refractivity contribution in [2.75, 3.05) is 11.9 Å². The number of carbonyl (C=O) groups is 2. The van der Waals surface area contributed by atoms with E-state index in [4.69, 9.17) is 23.2 Å². The average Bonchev–Trinajstić information content (AvgIpc) is 2.55. The predicted molar refractivity (Wildman–Crippen MR) is 92.9 cm³/mol. The highest BCUT2D eigenvalue weighted by atomic mass is 35.5. The summed E-state index contributed by atoms with van der Waals surface area (Å²) < 4.78 is 0. The molecule has 0 atom stereocenters. The molecule has 6 heteroatoms. The van der Waals surface area contributed by atoms with Crippen LogP contribution in [0.5, 0.6) is 0 Å². The molecule has 0 fully saturated rings. The Morgan fingerprint density at radius 2 is 1.52 bits per heavy atom. The van der Waals surface area contributed by atoms with Gasteiger partial charge in [0.25, 0.3) is 0 Å². The molecular weight excluding hydrogens is 335 g/mol. The first kappa shape index (κ1) is 17.3. The van der Waals surface area contributed by atoms with Gasteiger partial charge in [0.15, 0.2) is 0 Å². The Kier molecular flexibility index (Phi) is 6.44.